The Hall–Kier alpha value is -2.09. The minimum Gasteiger partial charge on any atom is -0.299 e. The molecule has 0 radical (unpaired) electrons. The molecule has 1 N–H and O–H groups in total. The topological polar surface area (TPSA) is 84.6 Å². The summed E-state index contributed by atoms with van der Waals surface area (Å²) in [5.41, 5.74) is 8.33. The van der Waals surface area contributed by atoms with E-state index in [1.165, 1.54) is 12.1 Å². The molecule has 0 aliphatic carbocycles. The van der Waals surface area contributed by atoms with E-state index >= 15 is 0 Å². The third-order valence-electron chi connectivity index (χ3n) is 2.73. The van der Waals surface area contributed by atoms with Crippen LogP contribution >= 0.6 is 0 Å². The van der Waals surface area contributed by atoms with Gasteiger partial charge in [-0.15, -0.1) is 0 Å². The molecule has 19 heavy (non-hydrogen) atoms. The number of nitriles is 1. The smallest absolute Gasteiger partial charge is 0.123 e. The Morgan fingerprint density at radius 2 is 2.16 bits per heavy atom. The van der Waals surface area contributed by atoms with Crippen molar-refractivity contribution < 1.29 is 4.39 Å². The number of hydrogen-bond donors (Lipinski definition) is 1. The first-order valence-corrected chi connectivity index (χ1v) is 6.01. The molecule has 5 nitrogen and oxygen atoms in total. The van der Waals surface area contributed by atoms with Crippen LogP contribution in [0.2, 0.25) is 0 Å². The van der Waals surface area contributed by atoms with E-state index < -0.39 is 5.54 Å². The van der Waals surface area contributed by atoms with Gasteiger partial charge in [-0.25, -0.2) is 4.39 Å². The molecule has 0 saturated carbocycles. The lowest BCUT2D eigenvalue weighted by atomic mass is 9.94. The van der Waals surface area contributed by atoms with Crippen LogP contribution in [0, 0.1) is 17.1 Å². The number of benzene rings is 1. The first kappa shape index (κ1) is 15.0. The Bertz CT molecular complexity index is 487. The van der Waals surface area contributed by atoms with Crippen molar-refractivity contribution in [3.63, 3.8) is 0 Å². The zero-order chi connectivity index (χ0) is 14.1. The van der Waals surface area contributed by atoms with Gasteiger partial charge in [-0.2, -0.15) is 5.26 Å². The second-order valence-corrected chi connectivity index (χ2v) is 4.48. The summed E-state index contributed by atoms with van der Waals surface area (Å²) in [6.45, 7) is 2.79. The van der Waals surface area contributed by atoms with Crippen LogP contribution in [0.25, 0.3) is 10.4 Å². The van der Waals surface area contributed by atoms with Crippen molar-refractivity contribution in [1.82, 2.24) is 5.32 Å². The molecule has 0 aromatic heterocycles. The molecule has 1 aromatic carbocycles. The highest BCUT2D eigenvalue weighted by Gasteiger charge is 2.23. The summed E-state index contributed by atoms with van der Waals surface area (Å²) in [4.78, 5) is 2.66. The third-order valence-corrected chi connectivity index (χ3v) is 2.73. The van der Waals surface area contributed by atoms with Gasteiger partial charge in [0.15, 0.2) is 0 Å². The Kier molecular flexibility index (Phi) is 5.80. The number of nitrogens with zero attached hydrogens (tertiary/aromatic N) is 4. The second kappa shape index (κ2) is 7.37. The average Bonchev–Trinajstić information content (AvgIpc) is 2.41. The van der Waals surface area contributed by atoms with E-state index in [0.717, 1.165) is 5.56 Å². The highest BCUT2D eigenvalue weighted by Crippen LogP contribution is 2.13. The van der Waals surface area contributed by atoms with Crippen LogP contribution in [0.1, 0.15) is 18.9 Å². The third kappa shape index (κ3) is 5.38. The van der Waals surface area contributed by atoms with Gasteiger partial charge >= 0.3 is 0 Å². The maximum Gasteiger partial charge on any atom is 0.123 e. The standard InChI is InChI=1S/C13H16FN5/c1-13(10-15,17-7-2-8-18-19-16)9-11-3-5-12(14)6-4-11/h3-6,17H,2,7-9H2,1H3. The molecule has 0 heterocycles. The lowest BCUT2D eigenvalue weighted by molar-refractivity contribution is 0.441. The van der Waals surface area contributed by atoms with Crippen molar-refractivity contribution in [3.05, 3.63) is 46.1 Å². The van der Waals surface area contributed by atoms with E-state index in [4.69, 9.17) is 5.53 Å². The van der Waals surface area contributed by atoms with Crippen molar-refractivity contribution in [1.29, 1.82) is 5.26 Å². The minimum atomic E-state index is -0.714. The SMILES string of the molecule is CC(C#N)(Cc1ccc(F)cc1)NCCCN=[N+]=[N-]. The fourth-order valence-electron chi connectivity index (χ4n) is 1.71. The van der Waals surface area contributed by atoms with Gasteiger partial charge in [-0.05, 0) is 43.1 Å². The molecule has 1 atom stereocenters. The largest absolute Gasteiger partial charge is 0.299 e. The summed E-state index contributed by atoms with van der Waals surface area (Å²) in [6, 6.07) is 8.34. The molecular formula is C13H16FN5. The lowest BCUT2D eigenvalue weighted by Crippen LogP contribution is -2.43. The van der Waals surface area contributed by atoms with Crippen LogP contribution in [0.5, 0.6) is 0 Å². The predicted octanol–water partition coefficient (Wildman–Crippen LogP) is 2.94. The molecule has 1 rings (SSSR count). The Morgan fingerprint density at radius 3 is 2.74 bits per heavy atom. The summed E-state index contributed by atoms with van der Waals surface area (Å²) in [5.74, 6) is -0.287. The van der Waals surface area contributed by atoms with E-state index in [1.54, 1.807) is 19.1 Å². The van der Waals surface area contributed by atoms with Gasteiger partial charge in [0.1, 0.15) is 11.4 Å². The van der Waals surface area contributed by atoms with Gasteiger partial charge < -0.3 is 0 Å². The Balaban J connectivity index is 2.52. The maximum absolute atomic E-state index is 12.8. The van der Waals surface area contributed by atoms with Crippen LogP contribution in [0.4, 0.5) is 4.39 Å². The monoisotopic (exact) mass is 261 g/mol. The molecule has 0 aliphatic rings. The summed E-state index contributed by atoms with van der Waals surface area (Å²) in [5, 5.41) is 15.8. The molecule has 1 aromatic rings. The van der Waals surface area contributed by atoms with E-state index in [1.807, 2.05) is 0 Å². The molecule has 0 fully saturated rings. The molecule has 6 heteroatoms. The van der Waals surface area contributed by atoms with Crippen LogP contribution in [-0.4, -0.2) is 18.6 Å². The summed E-state index contributed by atoms with van der Waals surface area (Å²) >= 11 is 0. The molecule has 0 spiro atoms. The van der Waals surface area contributed by atoms with Gasteiger partial charge in [0.2, 0.25) is 0 Å². The molecule has 0 saturated heterocycles. The molecule has 100 valence electrons. The van der Waals surface area contributed by atoms with Gasteiger partial charge in [-0.3, -0.25) is 5.32 Å². The molecule has 0 bridgehead atoms. The Labute approximate surface area is 111 Å². The van der Waals surface area contributed by atoms with Crippen LogP contribution in [0.15, 0.2) is 29.4 Å². The molecule has 1 unspecified atom stereocenters. The molecular weight excluding hydrogens is 245 g/mol. The fourth-order valence-corrected chi connectivity index (χ4v) is 1.71. The zero-order valence-corrected chi connectivity index (χ0v) is 10.8. The molecule has 0 aliphatic heterocycles. The van der Waals surface area contributed by atoms with Crippen LogP contribution in [-0.2, 0) is 6.42 Å². The highest BCUT2D eigenvalue weighted by atomic mass is 19.1. The normalized spacial score (nSPS) is 13.1. The van der Waals surface area contributed by atoms with Crippen molar-refractivity contribution in [2.75, 3.05) is 13.1 Å². The first-order valence-electron chi connectivity index (χ1n) is 6.01. The van der Waals surface area contributed by atoms with E-state index in [0.29, 0.717) is 25.9 Å². The van der Waals surface area contributed by atoms with Crippen LogP contribution < -0.4 is 5.32 Å². The van der Waals surface area contributed by atoms with Gasteiger partial charge in [0.05, 0.1) is 6.07 Å². The summed E-state index contributed by atoms with van der Waals surface area (Å²) < 4.78 is 12.8. The fraction of sp³-hybridized carbons (Fsp3) is 0.462. The second-order valence-electron chi connectivity index (χ2n) is 4.48. The number of halogens is 1. The first-order chi connectivity index (χ1) is 9.09. The summed E-state index contributed by atoms with van der Waals surface area (Å²) in [6.07, 6.45) is 1.16. The van der Waals surface area contributed by atoms with Gasteiger partial charge in [0, 0.05) is 17.9 Å². The Morgan fingerprint density at radius 1 is 1.47 bits per heavy atom. The highest BCUT2D eigenvalue weighted by molar-refractivity contribution is 5.22. The summed E-state index contributed by atoms with van der Waals surface area (Å²) in [7, 11) is 0. The van der Waals surface area contributed by atoms with E-state index in [-0.39, 0.29) is 5.82 Å². The van der Waals surface area contributed by atoms with Gasteiger partial charge in [0.25, 0.3) is 0 Å². The van der Waals surface area contributed by atoms with E-state index in [9.17, 15) is 9.65 Å². The number of hydrogen-bond acceptors (Lipinski definition) is 3. The van der Waals surface area contributed by atoms with Crippen molar-refractivity contribution >= 4 is 0 Å². The predicted molar refractivity (Wildman–Crippen MR) is 70.8 cm³/mol. The number of nitrogens with one attached hydrogen (secondary N) is 1. The van der Waals surface area contributed by atoms with Crippen LogP contribution in [0.3, 0.4) is 0 Å². The number of azide groups is 1. The minimum absolute atomic E-state index is 0.287. The van der Waals surface area contributed by atoms with E-state index in [2.05, 4.69) is 21.4 Å². The van der Waals surface area contributed by atoms with Gasteiger partial charge in [-0.1, -0.05) is 17.2 Å². The van der Waals surface area contributed by atoms with Crippen molar-refractivity contribution in [2.45, 2.75) is 25.3 Å². The van der Waals surface area contributed by atoms with Crippen molar-refractivity contribution in [3.8, 4) is 6.07 Å². The quantitative estimate of drug-likeness (QED) is 0.354. The average molecular weight is 261 g/mol. The molecule has 0 amide bonds. The van der Waals surface area contributed by atoms with Crippen molar-refractivity contribution in [2.24, 2.45) is 5.11 Å². The maximum atomic E-state index is 12.8. The zero-order valence-electron chi connectivity index (χ0n) is 10.8. The lowest BCUT2D eigenvalue weighted by Gasteiger charge is -2.23. The number of rotatable bonds is 7.